The molecule has 0 saturated carbocycles. The van der Waals surface area contributed by atoms with Gasteiger partial charge in [0.25, 0.3) is 0 Å². The molecule has 0 aliphatic rings. The SMILES string of the molecule is Cc1csc(=O)n1CCc1nc(Cn2nc3ccccn3c2=O)no1. The fourth-order valence-electron chi connectivity index (χ4n) is 2.54. The standard InChI is InChI=1S/C15H14N6O3S/c1-10-9-25-15(23)19(10)7-5-13-16-11(18-24-13)8-21-14(22)20-6-3-2-4-12(20)17-21/h2-4,6,9H,5,7-8H2,1H3. The van der Waals surface area contributed by atoms with Crippen LogP contribution in [0.3, 0.4) is 0 Å². The topological polar surface area (TPSA) is 100 Å². The first kappa shape index (κ1) is 15.5. The number of hydrogen-bond acceptors (Lipinski definition) is 7. The van der Waals surface area contributed by atoms with Crippen LogP contribution in [-0.2, 0) is 19.5 Å². The zero-order chi connectivity index (χ0) is 17.4. The third-order valence-corrected chi connectivity index (χ3v) is 4.70. The summed E-state index contributed by atoms with van der Waals surface area (Å²) in [5, 5.41) is 9.93. The van der Waals surface area contributed by atoms with Crippen molar-refractivity contribution < 1.29 is 4.52 Å². The van der Waals surface area contributed by atoms with E-state index in [2.05, 4.69) is 15.2 Å². The fourth-order valence-corrected chi connectivity index (χ4v) is 3.30. The van der Waals surface area contributed by atoms with Crippen molar-refractivity contribution in [3.05, 3.63) is 67.3 Å². The van der Waals surface area contributed by atoms with Gasteiger partial charge in [-0.3, -0.25) is 9.20 Å². The highest BCUT2D eigenvalue weighted by Crippen LogP contribution is 2.05. The molecule has 9 nitrogen and oxygen atoms in total. The van der Waals surface area contributed by atoms with E-state index < -0.39 is 0 Å². The molecule has 0 atom stereocenters. The Hall–Kier alpha value is -3.01. The van der Waals surface area contributed by atoms with Gasteiger partial charge in [0.15, 0.2) is 11.5 Å². The molecule has 0 aromatic carbocycles. The molecule has 0 saturated heterocycles. The lowest BCUT2D eigenvalue weighted by atomic mass is 10.4. The number of rotatable bonds is 5. The minimum Gasteiger partial charge on any atom is -0.339 e. The summed E-state index contributed by atoms with van der Waals surface area (Å²) in [5.41, 5.74) is 1.21. The largest absolute Gasteiger partial charge is 0.350 e. The lowest BCUT2D eigenvalue weighted by Crippen LogP contribution is -2.22. The Morgan fingerprint density at radius 3 is 2.92 bits per heavy atom. The molecular formula is C15H14N6O3S. The van der Waals surface area contributed by atoms with Crippen LogP contribution in [0, 0.1) is 6.92 Å². The minimum atomic E-state index is -0.262. The van der Waals surface area contributed by atoms with Crippen molar-refractivity contribution in [2.45, 2.75) is 26.4 Å². The number of thiazole rings is 1. The minimum absolute atomic E-state index is 0.00603. The number of aryl methyl sites for hydroxylation is 2. The predicted molar refractivity (Wildman–Crippen MR) is 89.9 cm³/mol. The molecule has 128 valence electrons. The Morgan fingerprint density at radius 1 is 1.28 bits per heavy atom. The molecular weight excluding hydrogens is 344 g/mol. The Kier molecular flexibility index (Phi) is 3.80. The molecule has 10 heteroatoms. The Labute approximate surface area is 144 Å². The molecule has 0 N–H and O–H groups in total. The monoisotopic (exact) mass is 358 g/mol. The molecule has 25 heavy (non-hydrogen) atoms. The number of nitrogens with zero attached hydrogens (tertiary/aromatic N) is 6. The zero-order valence-electron chi connectivity index (χ0n) is 13.3. The molecule has 0 spiro atoms. The van der Waals surface area contributed by atoms with E-state index in [1.165, 1.54) is 20.4 Å². The quantitative estimate of drug-likeness (QED) is 0.521. The van der Waals surface area contributed by atoms with Crippen LogP contribution in [0.1, 0.15) is 17.4 Å². The van der Waals surface area contributed by atoms with E-state index in [9.17, 15) is 9.59 Å². The van der Waals surface area contributed by atoms with E-state index in [1.54, 1.807) is 22.9 Å². The van der Waals surface area contributed by atoms with E-state index in [4.69, 9.17) is 4.52 Å². The average Bonchev–Trinajstić information content (AvgIpc) is 3.27. The lowest BCUT2D eigenvalue weighted by Gasteiger charge is -2.00. The van der Waals surface area contributed by atoms with Gasteiger partial charge in [-0.05, 0) is 19.1 Å². The molecule has 0 aliphatic carbocycles. The van der Waals surface area contributed by atoms with Gasteiger partial charge in [0, 0.05) is 30.2 Å². The maximum Gasteiger partial charge on any atom is 0.350 e. The molecule has 4 aromatic heterocycles. The van der Waals surface area contributed by atoms with Gasteiger partial charge >= 0.3 is 10.6 Å². The normalized spacial score (nSPS) is 11.4. The molecule has 0 unspecified atom stereocenters. The van der Waals surface area contributed by atoms with Crippen LogP contribution >= 0.6 is 11.3 Å². The van der Waals surface area contributed by atoms with Gasteiger partial charge in [-0.1, -0.05) is 22.6 Å². The van der Waals surface area contributed by atoms with Gasteiger partial charge in [-0.2, -0.15) is 4.98 Å². The summed E-state index contributed by atoms with van der Waals surface area (Å²) >= 11 is 1.17. The van der Waals surface area contributed by atoms with Crippen molar-refractivity contribution >= 4 is 17.0 Å². The fraction of sp³-hybridized carbons (Fsp3) is 0.267. The van der Waals surface area contributed by atoms with Crippen LogP contribution in [0.2, 0.25) is 0 Å². The molecule has 0 bridgehead atoms. The van der Waals surface area contributed by atoms with Crippen LogP contribution in [0.5, 0.6) is 0 Å². The van der Waals surface area contributed by atoms with Crippen molar-refractivity contribution in [3.63, 3.8) is 0 Å². The highest BCUT2D eigenvalue weighted by molar-refractivity contribution is 7.07. The van der Waals surface area contributed by atoms with Gasteiger partial charge in [-0.25, -0.2) is 9.48 Å². The summed E-state index contributed by atoms with van der Waals surface area (Å²) in [6.45, 7) is 2.48. The zero-order valence-corrected chi connectivity index (χ0v) is 14.1. The third-order valence-electron chi connectivity index (χ3n) is 3.82. The van der Waals surface area contributed by atoms with E-state index in [-0.39, 0.29) is 17.1 Å². The van der Waals surface area contributed by atoms with Gasteiger partial charge in [0.2, 0.25) is 5.89 Å². The van der Waals surface area contributed by atoms with Gasteiger partial charge in [-0.15, -0.1) is 5.10 Å². The highest BCUT2D eigenvalue weighted by atomic mass is 32.1. The van der Waals surface area contributed by atoms with Crippen molar-refractivity contribution in [1.29, 1.82) is 0 Å². The van der Waals surface area contributed by atoms with E-state index in [0.29, 0.717) is 30.3 Å². The van der Waals surface area contributed by atoms with Crippen LogP contribution < -0.4 is 10.6 Å². The summed E-state index contributed by atoms with van der Waals surface area (Å²) in [7, 11) is 0. The van der Waals surface area contributed by atoms with Crippen LogP contribution in [-0.4, -0.2) is 28.9 Å². The summed E-state index contributed by atoms with van der Waals surface area (Å²) < 4.78 is 9.61. The van der Waals surface area contributed by atoms with Gasteiger partial charge in [0.05, 0.1) is 0 Å². The van der Waals surface area contributed by atoms with Crippen molar-refractivity contribution in [2.24, 2.45) is 0 Å². The maximum atomic E-state index is 12.2. The van der Waals surface area contributed by atoms with E-state index >= 15 is 0 Å². The van der Waals surface area contributed by atoms with Crippen molar-refractivity contribution in [1.82, 2.24) is 28.9 Å². The van der Waals surface area contributed by atoms with E-state index in [1.807, 2.05) is 18.4 Å². The Morgan fingerprint density at radius 2 is 2.16 bits per heavy atom. The van der Waals surface area contributed by atoms with E-state index in [0.717, 1.165) is 5.69 Å². The molecule has 0 amide bonds. The lowest BCUT2D eigenvalue weighted by molar-refractivity contribution is 0.364. The maximum absolute atomic E-state index is 12.2. The number of aromatic nitrogens is 6. The molecule has 4 rings (SSSR count). The number of fused-ring (bicyclic) bond motifs is 1. The first-order valence-corrected chi connectivity index (χ1v) is 8.50. The first-order chi connectivity index (χ1) is 12.1. The average molecular weight is 358 g/mol. The third kappa shape index (κ3) is 2.91. The molecule has 0 fully saturated rings. The summed E-state index contributed by atoms with van der Waals surface area (Å²) in [6, 6.07) is 5.33. The van der Waals surface area contributed by atoms with Gasteiger partial charge in [0.1, 0.15) is 6.54 Å². The molecule has 4 heterocycles. The predicted octanol–water partition coefficient (Wildman–Crippen LogP) is 0.702. The smallest absolute Gasteiger partial charge is 0.339 e. The van der Waals surface area contributed by atoms with Crippen LogP contribution in [0.15, 0.2) is 43.9 Å². The number of hydrogen-bond donors (Lipinski definition) is 0. The number of pyridine rings is 1. The second-order valence-electron chi connectivity index (χ2n) is 5.52. The van der Waals surface area contributed by atoms with Crippen LogP contribution in [0.4, 0.5) is 0 Å². The van der Waals surface area contributed by atoms with Crippen molar-refractivity contribution in [2.75, 3.05) is 0 Å². The highest BCUT2D eigenvalue weighted by Gasteiger charge is 2.12. The Balaban J connectivity index is 1.50. The molecule has 0 aliphatic heterocycles. The second-order valence-corrected chi connectivity index (χ2v) is 6.34. The Bertz CT molecular complexity index is 1150. The second kappa shape index (κ2) is 6.13. The summed E-state index contributed by atoms with van der Waals surface area (Å²) in [5.74, 6) is 0.791. The summed E-state index contributed by atoms with van der Waals surface area (Å²) in [4.78, 5) is 28.2. The molecule has 0 radical (unpaired) electrons. The first-order valence-electron chi connectivity index (χ1n) is 7.62. The van der Waals surface area contributed by atoms with Crippen LogP contribution in [0.25, 0.3) is 5.65 Å². The van der Waals surface area contributed by atoms with Crippen molar-refractivity contribution in [3.8, 4) is 0 Å². The van der Waals surface area contributed by atoms with Gasteiger partial charge < -0.3 is 9.09 Å². The molecule has 4 aromatic rings. The summed E-state index contributed by atoms with van der Waals surface area (Å²) in [6.07, 6.45) is 2.11.